The minimum atomic E-state index is 0.143. The van der Waals surface area contributed by atoms with Crippen molar-refractivity contribution in [2.24, 2.45) is 0 Å². The summed E-state index contributed by atoms with van der Waals surface area (Å²) in [7, 11) is 2.08. The van der Waals surface area contributed by atoms with Gasteiger partial charge >= 0.3 is 0 Å². The zero-order valence-electron chi connectivity index (χ0n) is 12.2. The summed E-state index contributed by atoms with van der Waals surface area (Å²) in [4.78, 5) is 21.0. The van der Waals surface area contributed by atoms with Crippen molar-refractivity contribution in [2.75, 3.05) is 39.0 Å². The third-order valence-electron chi connectivity index (χ3n) is 4.00. The van der Waals surface area contributed by atoms with E-state index in [0.717, 1.165) is 42.8 Å². The number of nitrogen functional groups attached to an aromatic ring is 1. The molecule has 0 aliphatic carbocycles. The van der Waals surface area contributed by atoms with Gasteiger partial charge in [0.15, 0.2) is 0 Å². The third kappa shape index (κ3) is 2.97. The van der Waals surface area contributed by atoms with Crippen molar-refractivity contribution in [1.29, 1.82) is 0 Å². The number of carbonyl (C=O) groups excluding carboxylic acids is 1. The maximum atomic E-state index is 12.3. The van der Waals surface area contributed by atoms with Crippen LogP contribution in [0.15, 0.2) is 30.3 Å². The molecule has 21 heavy (non-hydrogen) atoms. The van der Waals surface area contributed by atoms with E-state index in [1.54, 1.807) is 0 Å². The molecule has 5 nitrogen and oxygen atoms in total. The van der Waals surface area contributed by atoms with Crippen LogP contribution in [0.25, 0.3) is 10.9 Å². The highest BCUT2D eigenvalue weighted by atomic mass is 16.2. The SMILES string of the molecule is CN1CCN(C(=O)Cc2ccc3cccc(N)c3n2)CC1. The van der Waals surface area contributed by atoms with E-state index in [9.17, 15) is 4.79 Å². The zero-order chi connectivity index (χ0) is 14.8. The van der Waals surface area contributed by atoms with Gasteiger partial charge in [-0.3, -0.25) is 9.78 Å². The van der Waals surface area contributed by atoms with Crippen LogP contribution >= 0.6 is 0 Å². The topological polar surface area (TPSA) is 62.5 Å². The highest BCUT2D eigenvalue weighted by Crippen LogP contribution is 2.19. The quantitative estimate of drug-likeness (QED) is 0.840. The average Bonchev–Trinajstić information content (AvgIpc) is 2.49. The summed E-state index contributed by atoms with van der Waals surface area (Å²) >= 11 is 0. The molecule has 1 aromatic heterocycles. The number of para-hydroxylation sites is 1. The number of fused-ring (bicyclic) bond motifs is 1. The molecule has 0 radical (unpaired) electrons. The number of piperazine rings is 1. The number of amides is 1. The lowest BCUT2D eigenvalue weighted by atomic mass is 10.1. The number of aromatic nitrogens is 1. The number of benzene rings is 1. The maximum Gasteiger partial charge on any atom is 0.228 e. The summed E-state index contributed by atoms with van der Waals surface area (Å²) in [6.45, 7) is 3.46. The minimum Gasteiger partial charge on any atom is -0.397 e. The van der Waals surface area contributed by atoms with Crippen molar-refractivity contribution in [3.8, 4) is 0 Å². The van der Waals surface area contributed by atoms with Crippen molar-refractivity contribution >= 4 is 22.5 Å². The Labute approximate surface area is 124 Å². The predicted octanol–water partition coefficient (Wildman–Crippen LogP) is 1.13. The number of hydrogen-bond acceptors (Lipinski definition) is 4. The Hall–Kier alpha value is -2.14. The van der Waals surface area contributed by atoms with Crippen molar-refractivity contribution in [2.45, 2.75) is 6.42 Å². The van der Waals surface area contributed by atoms with Gasteiger partial charge in [-0.1, -0.05) is 18.2 Å². The van der Waals surface area contributed by atoms with Gasteiger partial charge in [-0.15, -0.1) is 0 Å². The van der Waals surface area contributed by atoms with Crippen LogP contribution in [0.2, 0.25) is 0 Å². The fourth-order valence-electron chi connectivity index (χ4n) is 2.63. The number of likely N-dealkylation sites (N-methyl/N-ethyl adjacent to an activating group) is 1. The number of carbonyl (C=O) groups is 1. The van der Waals surface area contributed by atoms with Crippen LogP contribution in [-0.4, -0.2) is 53.9 Å². The minimum absolute atomic E-state index is 0.143. The summed E-state index contributed by atoms with van der Waals surface area (Å²) in [6.07, 6.45) is 0.341. The molecule has 0 saturated carbocycles. The molecule has 0 spiro atoms. The molecule has 3 rings (SSSR count). The van der Waals surface area contributed by atoms with Crippen LogP contribution in [0.5, 0.6) is 0 Å². The normalized spacial score (nSPS) is 16.3. The van der Waals surface area contributed by atoms with Crippen LogP contribution in [0.4, 0.5) is 5.69 Å². The molecule has 1 aliphatic heterocycles. The van der Waals surface area contributed by atoms with E-state index in [1.165, 1.54) is 0 Å². The number of rotatable bonds is 2. The molecule has 1 saturated heterocycles. The first-order valence-electron chi connectivity index (χ1n) is 7.24. The Bertz CT molecular complexity index is 662. The number of nitrogens with two attached hydrogens (primary N) is 1. The molecule has 2 N–H and O–H groups in total. The molecule has 2 heterocycles. The van der Waals surface area contributed by atoms with Crippen LogP contribution < -0.4 is 5.73 Å². The molecule has 1 fully saturated rings. The number of hydrogen-bond donors (Lipinski definition) is 1. The Kier molecular flexibility index (Phi) is 3.75. The monoisotopic (exact) mass is 284 g/mol. The van der Waals surface area contributed by atoms with Gasteiger partial charge < -0.3 is 15.5 Å². The second-order valence-corrected chi connectivity index (χ2v) is 5.58. The summed E-state index contributed by atoms with van der Waals surface area (Å²) < 4.78 is 0. The molecule has 110 valence electrons. The second-order valence-electron chi connectivity index (χ2n) is 5.58. The first kappa shape index (κ1) is 13.8. The second kappa shape index (κ2) is 5.69. The van der Waals surface area contributed by atoms with Crippen molar-refractivity contribution in [3.63, 3.8) is 0 Å². The molecule has 1 aromatic carbocycles. The number of anilines is 1. The molecule has 0 bridgehead atoms. The third-order valence-corrected chi connectivity index (χ3v) is 4.00. The van der Waals surface area contributed by atoms with Crippen molar-refractivity contribution in [1.82, 2.24) is 14.8 Å². The molecule has 1 amide bonds. The lowest BCUT2D eigenvalue weighted by Crippen LogP contribution is -2.47. The summed E-state index contributed by atoms with van der Waals surface area (Å²) in [5.41, 5.74) is 8.17. The van der Waals surface area contributed by atoms with Gasteiger partial charge in [-0.25, -0.2) is 0 Å². The molecule has 5 heteroatoms. The summed E-state index contributed by atoms with van der Waals surface area (Å²) in [5.74, 6) is 0.143. The standard InChI is InChI=1S/C16H20N4O/c1-19-7-9-20(10-8-19)15(21)11-13-6-5-12-3-2-4-14(17)16(12)18-13/h2-6H,7-11,17H2,1H3. The van der Waals surface area contributed by atoms with Gasteiger partial charge in [0.25, 0.3) is 0 Å². The van der Waals surface area contributed by atoms with Crippen molar-refractivity contribution < 1.29 is 4.79 Å². The Balaban J connectivity index is 1.75. The molecule has 0 atom stereocenters. The van der Waals surface area contributed by atoms with E-state index in [2.05, 4.69) is 16.9 Å². The number of nitrogens with zero attached hydrogens (tertiary/aromatic N) is 3. The van der Waals surface area contributed by atoms with E-state index in [4.69, 9.17) is 5.73 Å². The van der Waals surface area contributed by atoms with E-state index < -0.39 is 0 Å². The van der Waals surface area contributed by atoms with Gasteiger partial charge in [0, 0.05) is 31.6 Å². The molecule has 0 unspecified atom stereocenters. The lowest BCUT2D eigenvalue weighted by Gasteiger charge is -2.32. The van der Waals surface area contributed by atoms with Crippen LogP contribution in [0, 0.1) is 0 Å². The van der Waals surface area contributed by atoms with E-state index >= 15 is 0 Å². The first-order chi connectivity index (χ1) is 10.1. The van der Waals surface area contributed by atoms with Gasteiger partial charge in [-0.05, 0) is 19.2 Å². The highest BCUT2D eigenvalue weighted by molar-refractivity contribution is 5.89. The first-order valence-corrected chi connectivity index (χ1v) is 7.24. The fourth-order valence-corrected chi connectivity index (χ4v) is 2.63. The maximum absolute atomic E-state index is 12.3. The molecule has 2 aromatic rings. The highest BCUT2D eigenvalue weighted by Gasteiger charge is 2.19. The van der Waals surface area contributed by atoms with Crippen molar-refractivity contribution in [3.05, 3.63) is 36.0 Å². The van der Waals surface area contributed by atoms with E-state index in [-0.39, 0.29) is 5.91 Å². The van der Waals surface area contributed by atoms with Crippen LogP contribution in [0.3, 0.4) is 0 Å². The lowest BCUT2D eigenvalue weighted by molar-refractivity contribution is -0.132. The summed E-state index contributed by atoms with van der Waals surface area (Å²) in [6, 6.07) is 9.61. The largest absolute Gasteiger partial charge is 0.397 e. The Morgan fingerprint density at radius 2 is 1.95 bits per heavy atom. The van der Waals surface area contributed by atoms with Crippen LogP contribution in [0.1, 0.15) is 5.69 Å². The van der Waals surface area contributed by atoms with Gasteiger partial charge in [0.05, 0.1) is 23.3 Å². The van der Waals surface area contributed by atoms with E-state index in [0.29, 0.717) is 12.1 Å². The average molecular weight is 284 g/mol. The predicted molar refractivity (Wildman–Crippen MR) is 83.9 cm³/mol. The fraction of sp³-hybridized carbons (Fsp3) is 0.375. The summed E-state index contributed by atoms with van der Waals surface area (Å²) in [5, 5.41) is 1.01. The van der Waals surface area contributed by atoms with Crippen LogP contribution in [-0.2, 0) is 11.2 Å². The van der Waals surface area contributed by atoms with Gasteiger partial charge in [0.2, 0.25) is 5.91 Å². The number of pyridine rings is 1. The van der Waals surface area contributed by atoms with Gasteiger partial charge in [-0.2, -0.15) is 0 Å². The van der Waals surface area contributed by atoms with Gasteiger partial charge in [0.1, 0.15) is 0 Å². The Morgan fingerprint density at radius 3 is 2.71 bits per heavy atom. The molecular formula is C16H20N4O. The smallest absolute Gasteiger partial charge is 0.228 e. The van der Waals surface area contributed by atoms with E-state index in [1.807, 2.05) is 35.2 Å². The molecular weight excluding hydrogens is 264 g/mol. The zero-order valence-corrected chi connectivity index (χ0v) is 12.2. The molecule has 1 aliphatic rings. The Morgan fingerprint density at radius 1 is 1.19 bits per heavy atom.